The fourth-order valence-electron chi connectivity index (χ4n) is 2.14. The van der Waals surface area contributed by atoms with Crippen LogP contribution in [-0.4, -0.2) is 21.4 Å². The lowest BCUT2D eigenvalue weighted by atomic mass is 9.98. The van der Waals surface area contributed by atoms with E-state index in [1.54, 1.807) is 12.4 Å². The predicted molar refractivity (Wildman–Crippen MR) is 72.5 cm³/mol. The molecule has 0 bridgehead atoms. The van der Waals surface area contributed by atoms with Gasteiger partial charge in [0.25, 0.3) is 5.91 Å². The Kier molecular flexibility index (Phi) is 3.36. The number of imidazole rings is 1. The molecule has 0 unspecified atom stereocenters. The molecule has 0 fully saturated rings. The highest BCUT2D eigenvalue weighted by molar-refractivity contribution is 5.97. The number of H-pyrrole nitrogens is 1. The van der Waals surface area contributed by atoms with Crippen LogP contribution >= 0.6 is 0 Å². The quantitative estimate of drug-likeness (QED) is 0.870. The number of rotatable bonds is 4. The average molecular weight is 245 g/mol. The fraction of sp³-hybridized carbons (Fsp3) is 0.429. The molecule has 1 aromatic heterocycles. The molecule has 4 nitrogen and oxygen atoms in total. The van der Waals surface area contributed by atoms with E-state index >= 15 is 0 Å². The van der Waals surface area contributed by atoms with E-state index in [1.165, 1.54) is 0 Å². The van der Waals surface area contributed by atoms with Crippen molar-refractivity contribution >= 4 is 16.9 Å². The van der Waals surface area contributed by atoms with Gasteiger partial charge in [0, 0.05) is 11.1 Å². The third-order valence-corrected chi connectivity index (χ3v) is 3.01. The Bertz CT molecular complexity index is 557. The minimum Gasteiger partial charge on any atom is -0.347 e. The van der Waals surface area contributed by atoms with Gasteiger partial charge in [-0.3, -0.25) is 4.79 Å². The fourth-order valence-corrected chi connectivity index (χ4v) is 2.14. The van der Waals surface area contributed by atoms with Gasteiger partial charge in [-0.25, -0.2) is 4.98 Å². The van der Waals surface area contributed by atoms with Gasteiger partial charge in [-0.2, -0.15) is 0 Å². The van der Waals surface area contributed by atoms with Crippen LogP contribution < -0.4 is 5.32 Å². The minimum atomic E-state index is -0.172. The van der Waals surface area contributed by atoms with Crippen molar-refractivity contribution in [3.63, 3.8) is 0 Å². The summed E-state index contributed by atoms with van der Waals surface area (Å²) in [5, 5.41) is 3.06. The van der Waals surface area contributed by atoms with Crippen LogP contribution in [0.15, 0.2) is 24.5 Å². The van der Waals surface area contributed by atoms with Gasteiger partial charge in [0.2, 0.25) is 0 Å². The van der Waals surface area contributed by atoms with Crippen molar-refractivity contribution in [3.8, 4) is 0 Å². The first-order valence-electron chi connectivity index (χ1n) is 6.27. The number of nitrogens with zero attached hydrogens (tertiary/aromatic N) is 1. The molecule has 0 spiro atoms. The first kappa shape index (κ1) is 12.6. The van der Waals surface area contributed by atoms with Crippen molar-refractivity contribution < 1.29 is 4.79 Å². The number of aromatic nitrogens is 2. The third kappa shape index (κ3) is 2.70. The molecule has 2 N–H and O–H groups in total. The molecule has 0 aliphatic carbocycles. The number of amides is 1. The first-order chi connectivity index (χ1) is 8.52. The van der Waals surface area contributed by atoms with Crippen LogP contribution in [0.1, 0.15) is 44.0 Å². The Morgan fingerprint density at radius 1 is 1.44 bits per heavy atom. The van der Waals surface area contributed by atoms with Crippen LogP contribution in [0.25, 0.3) is 11.0 Å². The second-order valence-electron chi connectivity index (χ2n) is 5.22. The summed E-state index contributed by atoms with van der Waals surface area (Å²) in [6, 6.07) is 5.49. The van der Waals surface area contributed by atoms with Crippen LogP contribution in [0.5, 0.6) is 0 Å². The number of carbonyl (C=O) groups excluding carboxylic acids is 1. The Morgan fingerprint density at radius 2 is 2.22 bits per heavy atom. The molecule has 1 aromatic carbocycles. The van der Waals surface area contributed by atoms with Gasteiger partial charge < -0.3 is 10.3 Å². The summed E-state index contributed by atoms with van der Waals surface area (Å²) in [5.41, 5.74) is 2.25. The van der Waals surface area contributed by atoms with Gasteiger partial charge in [0.15, 0.2) is 0 Å². The van der Waals surface area contributed by atoms with Gasteiger partial charge in [-0.1, -0.05) is 13.3 Å². The number of fused-ring (bicyclic) bond motifs is 1. The Morgan fingerprint density at radius 3 is 2.94 bits per heavy atom. The van der Waals surface area contributed by atoms with Crippen LogP contribution in [0.4, 0.5) is 0 Å². The molecule has 0 saturated heterocycles. The highest BCUT2D eigenvalue weighted by Gasteiger charge is 2.20. The maximum atomic E-state index is 12.2. The van der Waals surface area contributed by atoms with E-state index in [1.807, 2.05) is 26.0 Å². The van der Waals surface area contributed by atoms with Gasteiger partial charge in [-0.15, -0.1) is 0 Å². The van der Waals surface area contributed by atoms with E-state index in [0.717, 1.165) is 23.9 Å². The summed E-state index contributed by atoms with van der Waals surface area (Å²) in [7, 11) is 0. The number of aromatic amines is 1. The summed E-state index contributed by atoms with van der Waals surface area (Å²) in [5.74, 6) is -0.0371. The molecule has 0 saturated carbocycles. The minimum absolute atomic E-state index is 0.0371. The van der Waals surface area contributed by atoms with Gasteiger partial charge in [-0.05, 0) is 38.5 Å². The monoisotopic (exact) mass is 245 g/mol. The lowest BCUT2D eigenvalue weighted by Gasteiger charge is -2.25. The van der Waals surface area contributed by atoms with Gasteiger partial charge in [0.05, 0.1) is 17.4 Å². The van der Waals surface area contributed by atoms with E-state index in [2.05, 4.69) is 22.2 Å². The van der Waals surface area contributed by atoms with E-state index in [0.29, 0.717) is 5.56 Å². The van der Waals surface area contributed by atoms with Crippen molar-refractivity contribution in [2.45, 2.75) is 39.2 Å². The molecule has 2 aromatic rings. The number of carbonyl (C=O) groups is 1. The Balaban J connectivity index is 2.17. The van der Waals surface area contributed by atoms with Crippen molar-refractivity contribution in [1.82, 2.24) is 15.3 Å². The number of benzene rings is 1. The SMILES string of the molecule is CCCC(C)(C)NC(=O)c1ccc2nc[nH]c2c1. The van der Waals surface area contributed by atoms with Crippen molar-refractivity contribution in [2.24, 2.45) is 0 Å². The molecule has 0 aliphatic heterocycles. The summed E-state index contributed by atoms with van der Waals surface area (Å²) < 4.78 is 0. The molecule has 96 valence electrons. The number of nitrogens with one attached hydrogen (secondary N) is 2. The third-order valence-electron chi connectivity index (χ3n) is 3.01. The van der Waals surface area contributed by atoms with Crippen LogP contribution in [0.2, 0.25) is 0 Å². The zero-order valence-electron chi connectivity index (χ0n) is 11.1. The summed E-state index contributed by atoms with van der Waals surface area (Å²) in [4.78, 5) is 19.3. The molecular weight excluding hydrogens is 226 g/mol. The molecule has 18 heavy (non-hydrogen) atoms. The second-order valence-corrected chi connectivity index (χ2v) is 5.22. The van der Waals surface area contributed by atoms with Crippen molar-refractivity contribution in [1.29, 1.82) is 0 Å². The Hall–Kier alpha value is -1.84. The average Bonchev–Trinajstić information content (AvgIpc) is 2.74. The molecular formula is C14H19N3O. The normalized spacial score (nSPS) is 11.7. The molecule has 4 heteroatoms. The predicted octanol–water partition coefficient (Wildman–Crippen LogP) is 2.87. The molecule has 0 atom stereocenters. The van der Waals surface area contributed by atoms with Gasteiger partial charge >= 0.3 is 0 Å². The highest BCUT2D eigenvalue weighted by atomic mass is 16.1. The second kappa shape index (κ2) is 4.80. The van der Waals surface area contributed by atoms with Crippen LogP contribution in [0.3, 0.4) is 0 Å². The lowest BCUT2D eigenvalue weighted by molar-refractivity contribution is 0.0909. The lowest BCUT2D eigenvalue weighted by Crippen LogP contribution is -2.43. The largest absolute Gasteiger partial charge is 0.347 e. The first-order valence-corrected chi connectivity index (χ1v) is 6.27. The van der Waals surface area contributed by atoms with Crippen molar-refractivity contribution in [3.05, 3.63) is 30.1 Å². The number of hydrogen-bond donors (Lipinski definition) is 2. The van der Waals surface area contributed by atoms with Crippen molar-refractivity contribution in [2.75, 3.05) is 0 Å². The molecule has 0 aliphatic rings. The topological polar surface area (TPSA) is 57.8 Å². The van der Waals surface area contributed by atoms with E-state index in [-0.39, 0.29) is 11.4 Å². The smallest absolute Gasteiger partial charge is 0.251 e. The van der Waals surface area contributed by atoms with Crippen LogP contribution in [0, 0.1) is 0 Å². The zero-order chi connectivity index (χ0) is 13.2. The maximum Gasteiger partial charge on any atom is 0.251 e. The summed E-state index contributed by atoms with van der Waals surface area (Å²) >= 11 is 0. The standard InChI is InChI=1S/C14H19N3O/c1-4-7-14(2,3)17-13(18)10-5-6-11-12(8-10)16-9-15-11/h5-6,8-9H,4,7H2,1-3H3,(H,15,16)(H,17,18). The molecule has 2 rings (SSSR count). The Labute approximate surface area is 107 Å². The maximum absolute atomic E-state index is 12.2. The molecule has 0 radical (unpaired) electrons. The van der Waals surface area contributed by atoms with Gasteiger partial charge in [0.1, 0.15) is 0 Å². The van der Waals surface area contributed by atoms with E-state index in [9.17, 15) is 4.79 Å². The molecule has 1 amide bonds. The summed E-state index contributed by atoms with van der Waals surface area (Å²) in [6.07, 6.45) is 3.64. The molecule has 1 heterocycles. The summed E-state index contributed by atoms with van der Waals surface area (Å²) in [6.45, 7) is 6.21. The van der Waals surface area contributed by atoms with E-state index in [4.69, 9.17) is 0 Å². The zero-order valence-corrected chi connectivity index (χ0v) is 11.1. The highest BCUT2D eigenvalue weighted by Crippen LogP contribution is 2.15. The van der Waals surface area contributed by atoms with E-state index < -0.39 is 0 Å². The van der Waals surface area contributed by atoms with Crippen LogP contribution in [-0.2, 0) is 0 Å². The number of hydrogen-bond acceptors (Lipinski definition) is 2.